The van der Waals surface area contributed by atoms with E-state index in [0.717, 1.165) is 29.4 Å². The lowest BCUT2D eigenvalue weighted by Gasteiger charge is -2.11. The zero-order valence-corrected chi connectivity index (χ0v) is 19.7. The topological polar surface area (TPSA) is 9.23 Å². The SMILES string of the molecule is CCCCCCCCCCOc1ccc(-c2cc(CBr)ccc2CBr)cc1. The lowest BCUT2D eigenvalue weighted by molar-refractivity contribution is 0.304. The van der Waals surface area contributed by atoms with Crippen LogP contribution in [0.25, 0.3) is 11.1 Å². The zero-order chi connectivity index (χ0) is 19.3. The van der Waals surface area contributed by atoms with Gasteiger partial charge in [-0.05, 0) is 40.8 Å². The fourth-order valence-corrected chi connectivity index (χ4v) is 4.09. The first kappa shape index (κ1) is 22.5. The summed E-state index contributed by atoms with van der Waals surface area (Å²) >= 11 is 7.15. The number of halogens is 2. The van der Waals surface area contributed by atoms with Crippen LogP contribution in [-0.2, 0) is 10.7 Å². The minimum Gasteiger partial charge on any atom is -0.494 e. The Morgan fingerprint density at radius 1 is 0.741 bits per heavy atom. The molecule has 0 aliphatic carbocycles. The number of rotatable bonds is 13. The molecule has 0 radical (unpaired) electrons. The van der Waals surface area contributed by atoms with Gasteiger partial charge in [-0.25, -0.2) is 0 Å². The Morgan fingerprint density at radius 3 is 2.04 bits per heavy atom. The van der Waals surface area contributed by atoms with Gasteiger partial charge >= 0.3 is 0 Å². The van der Waals surface area contributed by atoms with Crippen molar-refractivity contribution >= 4 is 31.9 Å². The van der Waals surface area contributed by atoms with Crippen LogP contribution in [0.3, 0.4) is 0 Å². The molecule has 1 nitrogen and oxygen atoms in total. The van der Waals surface area contributed by atoms with E-state index in [2.05, 4.69) is 81.2 Å². The van der Waals surface area contributed by atoms with Gasteiger partial charge in [0.15, 0.2) is 0 Å². The summed E-state index contributed by atoms with van der Waals surface area (Å²) in [5, 5.41) is 1.74. The Labute approximate surface area is 182 Å². The van der Waals surface area contributed by atoms with Gasteiger partial charge in [0.1, 0.15) is 5.75 Å². The van der Waals surface area contributed by atoms with Gasteiger partial charge in [0, 0.05) is 10.7 Å². The highest BCUT2D eigenvalue weighted by atomic mass is 79.9. The van der Waals surface area contributed by atoms with Crippen molar-refractivity contribution in [1.29, 1.82) is 0 Å². The highest BCUT2D eigenvalue weighted by Gasteiger charge is 2.06. The van der Waals surface area contributed by atoms with E-state index in [1.807, 2.05) is 0 Å². The first-order valence-corrected chi connectivity index (χ1v) is 12.5. The molecule has 0 heterocycles. The number of ether oxygens (including phenoxy) is 1. The van der Waals surface area contributed by atoms with Gasteiger partial charge in [0.25, 0.3) is 0 Å². The predicted octanol–water partition coefficient (Wildman–Crippen LogP) is 8.66. The molecular weight excluding hydrogens is 464 g/mol. The van der Waals surface area contributed by atoms with Crippen molar-refractivity contribution in [3.63, 3.8) is 0 Å². The van der Waals surface area contributed by atoms with Gasteiger partial charge < -0.3 is 4.74 Å². The monoisotopic (exact) mass is 494 g/mol. The van der Waals surface area contributed by atoms with E-state index in [0.29, 0.717) is 0 Å². The fraction of sp³-hybridized carbons (Fsp3) is 0.500. The van der Waals surface area contributed by atoms with Crippen LogP contribution in [0.15, 0.2) is 42.5 Å². The van der Waals surface area contributed by atoms with E-state index in [-0.39, 0.29) is 0 Å². The van der Waals surface area contributed by atoms with Crippen molar-refractivity contribution in [2.24, 2.45) is 0 Å². The quantitative estimate of drug-likeness (QED) is 0.199. The minimum absolute atomic E-state index is 0.819. The van der Waals surface area contributed by atoms with E-state index in [1.54, 1.807) is 0 Å². The second-order valence-corrected chi connectivity index (χ2v) is 8.23. The fourth-order valence-electron chi connectivity index (χ4n) is 3.25. The molecular formula is C24H32Br2O. The van der Waals surface area contributed by atoms with E-state index < -0.39 is 0 Å². The summed E-state index contributed by atoms with van der Waals surface area (Å²) in [7, 11) is 0. The third-order valence-electron chi connectivity index (χ3n) is 4.90. The van der Waals surface area contributed by atoms with Gasteiger partial charge in [-0.2, -0.15) is 0 Å². The van der Waals surface area contributed by atoms with E-state index >= 15 is 0 Å². The van der Waals surface area contributed by atoms with Crippen LogP contribution in [0.2, 0.25) is 0 Å². The first-order valence-electron chi connectivity index (χ1n) is 10.3. The van der Waals surface area contributed by atoms with E-state index in [9.17, 15) is 0 Å². The average Bonchev–Trinajstić information content (AvgIpc) is 2.72. The van der Waals surface area contributed by atoms with Gasteiger partial charge in [-0.1, -0.05) is 114 Å². The number of hydrogen-bond donors (Lipinski definition) is 0. The third kappa shape index (κ3) is 7.99. The Morgan fingerprint density at radius 2 is 1.41 bits per heavy atom. The molecule has 0 fully saturated rings. The second-order valence-electron chi connectivity index (χ2n) is 7.11. The molecule has 0 bridgehead atoms. The molecule has 0 saturated heterocycles. The minimum atomic E-state index is 0.819. The molecule has 0 atom stereocenters. The number of alkyl halides is 2. The zero-order valence-electron chi connectivity index (χ0n) is 16.5. The molecule has 0 aliphatic heterocycles. The highest BCUT2D eigenvalue weighted by Crippen LogP contribution is 2.29. The molecule has 0 amide bonds. The van der Waals surface area contributed by atoms with Crippen LogP contribution in [-0.4, -0.2) is 6.61 Å². The maximum Gasteiger partial charge on any atom is 0.119 e. The number of hydrogen-bond acceptors (Lipinski definition) is 1. The molecule has 0 N–H and O–H groups in total. The second kappa shape index (κ2) is 13.4. The van der Waals surface area contributed by atoms with Gasteiger partial charge in [-0.15, -0.1) is 0 Å². The molecule has 0 aromatic heterocycles. The van der Waals surface area contributed by atoms with Crippen LogP contribution in [0.5, 0.6) is 5.75 Å². The van der Waals surface area contributed by atoms with Gasteiger partial charge in [0.05, 0.1) is 6.61 Å². The Bertz CT molecular complexity index is 652. The lowest BCUT2D eigenvalue weighted by atomic mass is 9.98. The Balaban J connectivity index is 1.77. The Kier molecular flexibility index (Phi) is 11.2. The molecule has 2 aromatic rings. The van der Waals surface area contributed by atoms with E-state index in [1.165, 1.54) is 67.2 Å². The smallest absolute Gasteiger partial charge is 0.119 e. The molecule has 148 valence electrons. The molecule has 2 rings (SSSR count). The standard InChI is InChI=1S/C24H32Br2O/c1-2-3-4-5-6-7-8-9-16-27-23-14-12-21(13-15-23)24-17-20(18-25)10-11-22(24)19-26/h10-15,17H,2-9,16,18-19H2,1H3. The molecule has 27 heavy (non-hydrogen) atoms. The molecule has 2 aromatic carbocycles. The Hall–Kier alpha value is -0.800. The van der Waals surface area contributed by atoms with Crippen LogP contribution in [0, 0.1) is 0 Å². The average molecular weight is 496 g/mol. The van der Waals surface area contributed by atoms with Crippen molar-refractivity contribution in [2.45, 2.75) is 69.0 Å². The molecule has 0 spiro atoms. The van der Waals surface area contributed by atoms with Crippen molar-refractivity contribution in [3.8, 4) is 16.9 Å². The summed E-state index contributed by atoms with van der Waals surface area (Å²) in [5.74, 6) is 0.971. The predicted molar refractivity (Wildman–Crippen MR) is 125 cm³/mol. The van der Waals surface area contributed by atoms with Crippen LogP contribution < -0.4 is 4.74 Å². The van der Waals surface area contributed by atoms with Gasteiger partial charge in [-0.3, -0.25) is 0 Å². The summed E-state index contributed by atoms with van der Waals surface area (Å²) in [5.41, 5.74) is 5.14. The maximum absolute atomic E-state index is 5.93. The van der Waals surface area contributed by atoms with Crippen molar-refractivity contribution in [1.82, 2.24) is 0 Å². The summed E-state index contributed by atoms with van der Waals surface area (Å²) < 4.78 is 5.93. The summed E-state index contributed by atoms with van der Waals surface area (Å²) in [4.78, 5) is 0. The highest BCUT2D eigenvalue weighted by molar-refractivity contribution is 9.08. The van der Waals surface area contributed by atoms with Crippen molar-refractivity contribution < 1.29 is 4.74 Å². The molecule has 3 heteroatoms. The number of unbranched alkanes of at least 4 members (excludes halogenated alkanes) is 7. The van der Waals surface area contributed by atoms with Gasteiger partial charge in [0.2, 0.25) is 0 Å². The normalized spacial score (nSPS) is 10.9. The van der Waals surface area contributed by atoms with Crippen LogP contribution >= 0.6 is 31.9 Å². The lowest BCUT2D eigenvalue weighted by Crippen LogP contribution is -1.97. The largest absolute Gasteiger partial charge is 0.494 e. The summed E-state index contributed by atoms with van der Waals surface area (Å²) in [6, 6.07) is 15.2. The third-order valence-corrected chi connectivity index (χ3v) is 6.16. The maximum atomic E-state index is 5.93. The molecule has 0 aliphatic rings. The van der Waals surface area contributed by atoms with E-state index in [4.69, 9.17) is 4.74 Å². The summed E-state index contributed by atoms with van der Waals surface area (Å²) in [6.45, 7) is 3.09. The number of benzene rings is 2. The summed E-state index contributed by atoms with van der Waals surface area (Å²) in [6.07, 6.45) is 10.6. The molecule has 0 unspecified atom stereocenters. The molecule has 0 saturated carbocycles. The van der Waals surface area contributed by atoms with Crippen molar-refractivity contribution in [3.05, 3.63) is 53.6 Å². The first-order chi connectivity index (χ1) is 13.3. The van der Waals surface area contributed by atoms with Crippen LogP contribution in [0.1, 0.15) is 69.4 Å². The van der Waals surface area contributed by atoms with Crippen LogP contribution in [0.4, 0.5) is 0 Å². The van der Waals surface area contributed by atoms with Crippen molar-refractivity contribution in [2.75, 3.05) is 6.61 Å².